The molecule has 0 fully saturated rings. The van der Waals surface area contributed by atoms with Crippen molar-refractivity contribution in [3.63, 3.8) is 0 Å². The second-order valence-corrected chi connectivity index (χ2v) is 6.88. The number of hydrogen-bond acceptors (Lipinski definition) is 5. The Balaban J connectivity index is 1.71. The van der Waals surface area contributed by atoms with E-state index in [0.717, 1.165) is 0 Å². The Bertz CT molecular complexity index is 1170. The highest BCUT2D eigenvalue weighted by molar-refractivity contribution is 5.97. The number of rotatable bonds is 7. The fourth-order valence-corrected chi connectivity index (χ4v) is 2.99. The van der Waals surface area contributed by atoms with Gasteiger partial charge in [0.05, 0.1) is 16.9 Å². The molecule has 0 aliphatic rings. The molecule has 0 saturated heterocycles. The van der Waals surface area contributed by atoms with Crippen LogP contribution in [-0.4, -0.2) is 34.0 Å². The van der Waals surface area contributed by atoms with E-state index in [1.54, 1.807) is 42.9 Å². The monoisotopic (exact) mass is 445 g/mol. The summed E-state index contributed by atoms with van der Waals surface area (Å²) in [5.41, 5.74) is 0.826. The number of nitrogens with one attached hydrogen (secondary N) is 1. The number of para-hydroxylation sites is 1. The molecular weight excluding hydrogens is 424 g/mol. The van der Waals surface area contributed by atoms with Crippen LogP contribution in [0.4, 0.5) is 14.5 Å². The lowest BCUT2D eigenvalue weighted by molar-refractivity contribution is -0.123. The maximum atomic E-state index is 12.9. The Labute approximate surface area is 182 Å². The smallest absolute Gasteiger partial charge is 0.387 e. The standard InChI is InChI=1S/C22H21F2N3O5/c1-13-18(20(29)27(26(13)3)16-7-5-4-6-8-16)25-19(28)14(2)31-21(30)15-9-11-17(12-10-15)32-22(23)24/h4-12,14,22H,1-3H3,(H,25,28)/t14-/m0/s1. The average molecular weight is 445 g/mol. The van der Waals surface area contributed by atoms with E-state index in [1.807, 2.05) is 6.07 Å². The van der Waals surface area contributed by atoms with E-state index in [0.29, 0.717) is 11.4 Å². The SMILES string of the molecule is Cc1c(NC(=O)[C@H](C)OC(=O)c2ccc(OC(F)F)cc2)c(=O)n(-c2ccccc2)n1C. The second-order valence-electron chi connectivity index (χ2n) is 6.88. The Morgan fingerprint density at radius 2 is 1.66 bits per heavy atom. The predicted molar refractivity (Wildman–Crippen MR) is 112 cm³/mol. The van der Waals surface area contributed by atoms with Gasteiger partial charge in [0.25, 0.3) is 11.5 Å². The lowest BCUT2D eigenvalue weighted by Gasteiger charge is -2.13. The molecule has 0 bridgehead atoms. The van der Waals surface area contributed by atoms with Gasteiger partial charge in [0.1, 0.15) is 11.4 Å². The lowest BCUT2D eigenvalue weighted by atomic mass is 10.2. The van der Waals surface area contributed by atoms with Crippen LogP contribution >= 0.6 is 0 Å². The summed E-state index contributed by atoms with van der Waals surface area (Å²) in [7, 11) is 1.68. The van der Waals surface area contributed by atoms with Gasteiger partial charge in [0, 0.05) is 7.05 Å². The summed E-state index contributed by atoms with van der Waals surface area (Å²) in [5, 5.41) is 2.52. The number of carbonyl (C=O) groups is 2. The molecule has 2 aromatic carbocycles. The molecule has 0 aliphatic carbocycles. The molecule has 32 heavy (non-hydrogen) atoms. The molecule has 8 nitrogen and oxygen atoms in total. The van der Waals surface area contributed by atoms with Crippen LogP contribution in [0.25, 0.3) is 5.69 Å². The normalized spacial score (nSPS) is 11.8. The Hall–Kier alpha value is -3.95. The topological polar surface area (TPSA) is 91.6 Å². The molecule has 0 radical (unpaired) electrons. The van der Waals surface area contributed by atoms with Gasteiger partial charge in [-0.2, -0.15) is 8.78 Å². The van der Waals surface area contributed by atoms with Gasteiger partial charge in [-0.25, -0.2) is 9.48 Å². The van der Waals surface area contributed by atoms with Gasteiger partial charge >= 0.3 is 12.6 Å². The first-order chi connectivity index (χ1) is 15.2. The van der Waals surface area contributed by atoms with Gasteiger partial charge in [-0.1, -0.05) is 18.2 Å². The van der Waals surface area contributed by atoms with E-state index in [-0.39, 0.29) is 17.0 Å². The molecule has 1 heterocycles. The third-order valence-corrected chi connectivity index (χ3v) is 4.77. The minimum atomic E-state index is -2.98. The van der Waals surface area contributed by atoms with E-state index < -0.39 is 30.2 Å². The molecule has 3 rings (SSSR count). The number of anilines is 1. The molecule has 1 amide bonds. The number of ether oxygens (including phenoxy) is 2. The second kappa shape index (κ2) is 9.46. The number of carbonyl (C=O) groups excluding carboxylic acids is 2. The molecule has 0 unspecified atom stereocenters. The van der Waals surface area contributed by atoms with Crippen molar-refractivity contribution >= 4 is 17.6 Å². The van der Waals surface area contributed by atoms with Gasteiger partial charge in [-0.3, -0.25) is 14.3 Å². The highest BCUT2D eigenvalue weighted by atomic mass is 19.3. The van der Waals surface area contributed by atoms with E-state index in [1.165, 1.54) is 35.9 Å². The van der Waals surface area contributed by atoms with Crippen molar-refractivity contribution in [1.82, 2.24) is 9.36 Å². The quantitative estimate of drug-likeness (QED) is 0.564. The molecular formula is C22H21F2N3O5. The summed E-state index contributed by atoms with van der Waals surface area (Å²) < 4.78 is 36.8. The number of amides is 1. The highest BCUT2D eigenvalue weighted by Crippen LogP contribution is 2.17. The van der Waals surface area contributed by atoms with Crippen LogP contribution in [0.15, 0.2) is 59.4 Å². The number of nitrogens with zero attached hydrogens (tertiary/aromatic N) is 2. The van der Waals surface area contributed by atoms with Crippen molar-refractivity contribution in [2.24, 2.45) is 7.05 Å². The number of aromatic nitrogens is 2. The fraction of sp³-hybridized carbons (Fsp3) is 0.227. The maximum Gasteiger partial charge on any atom is 0.387 e. The maximum absolute atomic E-state index is 12.9. The minimum Gasteiger partial charge on any atom is -0.449 e. The third kappa shape index (κ3) is 4.85. The van der Waals surface area contributed by atoms with Gasteiger partial charge in [-0.15, -0.1) is 0 Å². The van der Waals surface area contributed by atoms with Crippen molar-refractivity contribution in [2.45, 2.75) is 26.6 Å². The number of esters is 1. The summed E-state index contributed by atoms with van der Waals surface area (Å²) in [6.45, 7) is 0.0514. The summed E-state index contributed by atoms with van der Waals surface area (Å²) in [6, 6.07) is 13.8. The van der Waals surface area contributed by atoms with Gasteiger partial charge in [0.2, 0.25) is 0 Å². The number of halogens is 2. The van der Waals surface area contributed by atoms with Gasteiger partial charge in [-0.05, 0) is 50.2 Å². The van der Waals surface area contributed by atoms with Crippen LogP contribution < -0.4 is 15.6 Å². The molecule has 10 heteroatoms. The number of alkyl halides is 2. The molecule has 0 aliphatic heterocycles. The Kier molecular flexibility index (Phi) is 6.72. The molecule has 1 N–H and O–H groups in total. The fourth-order valence-electron chi connectivity index (χ4n) is 2.99. The van der Waals surface area contributed by atoms with E-state index >= 15 is 0 Å². The predicted octanol–water partition coefficient (Wildman–Crippen LogP) is 3.27. The average Bonchev–Trinajstić information content (AvgIpc) is 2.97. The van der Waals surface area contributed by atoms with Crippen LogP contribution in [0.2, 0.25) is 0 Å². The van der Waals surface area contributed by atoms with Crippen molar-refractivity contribution < 1.29 is 27.8 Å². The van der Waals surface area contributed by atoms with E-state index in [2.05, 4.69) is 10.1 Å². The summed E-state index contributed by atoms with van der Waals surface area (Å²) in [6.07, 6.45) is -1.22. The number of benzene rings is 2. The van der Waals surface area contributed by atoms with Crippen LogP contribution in [-0.2, 0) is 16.6 Å². The van der Waals surface area contributed by atoms with Crippen molar-refractivity contribution in [1.29, 1.82) is 0 Å². The molecule has 3 aromatic rings. The minimum absolute atomic E-state index is 0.0496. The van der Waals surface area contributed by atoms with E-state index in [9.17, 15) is 23.2 Å². The molecule has 1 aromatic heterocycles. The Morgan fingerprint density at radius 3 is 2.25 bits per heavy atom. The highest BCUT2D eigenvalue weighted by Gasteiger charge is 2.23. The van der Waals surface area contributed by atoms with Crippen LogP contribution in [0.1, 0.15) is 23.0 Å². The largest absolute Gasteiger partial charge is 0.449 e. The van der Waals surface area contributed by atoms with Crippen LogP contribution in [0.3, 0.4) is 0 Å². The summed E-state index contributed by atoms with van der Waals surface area (Å²) in [4.78, 5) is 37.7. The van der Waals surface area contributed by atoms with E-state index in [4.69, 9.17) is 4.74 Å². The van der Waals surface area contributed by atoms with Gasteiger partial charge in [0.15, 0.2) is 6.10 Å². The van der Waals surface area contributed by atoms with Crippen molar-refractivity contribution in [3.05, 3.63) is 76.2 Å². The molecule has 0 saturated carbocycles. The van der Waals surface area contributed by atoms with Gasteiger partial charge < -0.3 is 14.8 Å². The first kappa shape index (κ1) is 22.7. The third-order valence-electron chi connectivity index (χ3n) is 4.77. The summed E-state index contributed by atoms with van der Waals surface area (Å²) in [5.74, 6) is -1.64. The molecule has 1 atom stereocenters. The Morgan fingerprint density at radius 1 is 1.03 bits per heavy atom. The first-order valence-corrected chi connectivity index (χ1v) is 9.59. The van der Waals surface area contributed by atoms with Crippen molar-refractivity contribution in [3.8, 4) is 11.4 Å². The van der Waals surface area contributed by atoms with Crippen LogP contribution in [0, 0.1) is 6.92 Å². The molecule has 0 spiro atoms. The lowest BCUT2D eigenvalue weighted by Crippen LogP contribution is -2.32. The summed E-state index contributed by atoms with van der Waals surface area (Å²) >= 11 is 0. The number of hydrogen-bond donors (Lipinski definition) is 1. The first-order valence-electron chi connectivity index (χ1n) is 9.59. The zero-order valence-electron chi connectivity index (χ0n) is 17.5. The van der Waals surface area contributed by atoms with Crippen molar-refractivity contribution in [2.75, 3.05) is 5.32 Å². The zero-order valence-corrected chi connectivity index (χ0v) is 17.5. The zero-order chi connectivity index (χ0) is 23.4. The molecule has 168 valence electrons. The van der Waals surface area contributed by atoms with Crippen LogP contribution in [0.5, 0.6) is 5.75 Å².